The van der Waals surface area contributed by atoms with Gasteiger partial charge in [0, 0.05) is 5.92 Å². The average Bonchev–Trinajstić information content (AvgIpc) is 2.50. The summed E-state index contributed by atoms with van der Waals surface area (Å²) in [7, 11) is 0. The number of hydrogen-bond acceptors (Lipinski definition) is 4. The van der Waals surface area contributed by atoms with Gasteiger partial charge in [-0.05, 0) is 64.5 Å². The molecule has 0 unspecified atom stereocenters. The van der Waals surface area contributed by atoms with E-state index in [1.165, 1.54) is 12.2 Å². The van der Waals surface area contributed by atoms with E-state index in [0.29, 0.717) is 12.8 Å². The molecule has 0 bridgehead atoms. The maximum absolute atomic E-state index is 11.9. The first-order chi connectivity index (χ1) is 11.2. The molecule has 0 aromatic heterocycles. The smallest absolute Gasteiger partial charge is 0.158 e. The normalized spacial score (nSPS) is 14.9. The van der Waals surface area contributed by atoms with E-state index in [0.717, 1.165) is 36.7 Å². The molecule has 2 N–H and O–H groups in total. The highest BCUT2D eigenvalue weighted by Crippen LogP contribution is 2.15. The van der Waals surface area contributed by atoms with Crippen LogP contribution in [0.1, 0.15) is 59.8 Å². The van der Waals surface area contributed by atoms with Crippen molar-refractivity contribution in [2.24, 2.45) is 5.92 Å². The van der Waals surface area contributed by atoms with Gasteiger partial charge in [0.05, 0.1) is 12.2 Å². The number of hydrogen-bond donors (Lipinski definition) is 2. The maximum Gasteiger partial charge on any atom is 0.158 e. The molecule has 0 aromatic carbocycles. The minimum Gasteiger partial charge on any atom is -0.392 e. The third-order valence-electron chi connectivity index (χ3n) is 3.78. The van der Waals surface area contributed by atoms with Gasteiger partial charge in [-0.15, -0.1) is 0 Å². The molecule has 0 spiro atoms. The van der Waals surface area contributed by atoms with Crippen molar-refractivity contribution in [2.45, 2.75) is 65.4 Å². The molecule has 0 aromatic rings. The number of allylic oxidation sites excluding steroid dienone is 4. The number of rotatable bonds is 12. The molecule has 4 heteroatoms. The molecule has 0 heterocycles. The van der Waals surface area contributed by atoms with E-state index >= 15 is 0 Å². The molecular weight excluding hydrogens is 304 g/mol. The van der Waals surface area contributed by atoms with Crippen LogP contribution in [0.4, 0.5) is 0 Å². The lowest BCUT2D eigenvalue weighted by molar-refractivity contribution is -0.118. The standard InChI is InChI=1S/C20H32O4/c1-16(12-14-21)7-5-9-18(15-22)10-6-8-17(2)19(23)11-13-20(3,4)24/h9,11-13,15,17,21,24H,5-8,10,14H2,1-4H3/b13-11+,16-12-,18-9+/t17-/m0/s1. The lowest BCUT2D eigenvalue weighted by Crippen LogP contribution is -2.16. The van der Waals surface area contributed by atoms with Gasteiger partial charge in [0.25, 0.3) is 0 Å². The fourth-order valence-corrected chi connectivity index (χ4v) is 2.16. The molecular formula is C20H32O4. The van der Waals surface area contributed by atoms with Crippen LogP contribution in [0.15, 0.2) is 35.5 Å². The van der Waals surface area contributed by atoms with Crippen LogP contribution < -0.4 is 0 Å². The van der Waals surface area contributed by atoms with E-state index < -0.39 is 5.60 Å². The van der Waals surface area contributed by atoms with Crippen LogP contribution >= 0.6 is 0 Å². The Hall–Kier alpha value is -1.52. The van der Waals surface area contributed by atoms with Gasteiger partial charge in [0.1, 0.15) is 6.29 Å². The summed E-state index contributed by atoms with van der Waals surface area (Å²) in [4.78, 5) is 23.0. The van der Waals surface area contributed by atoms with Crippen molar-refractivity contribution in [1.82, 2.24) is 0 Å². The van der Waals surface area contributed by atoms with Crippen molar-refractivity contribution in [2.75, 3.05) is 6.61 Å². The highest BCUT2D eigenvalue weighted by molar-refractivity contribution is 5.91. The second kappa shape index (κ2) is 11.9. The van der Waals surface area contributed by atoms with Gasteiger partial charge in [-0.25, -0.2) is 0 Å². The number of carbonyl (C=O) groups excluding carboxylic acids is 2. The summed E-state index contributed by atoms with van der Waals surface area (Å²) in [6.45, 7) is 7.12. The molecule has 136 valence electrons. The van der Waals surface area contributed by atoms with Gasteiger partial charge < -0.3 is 10.2 Å². The topological polar surface area (TPSA) is 74.6 Å². The monoisotopic (exact) mass is 336 g/mol. The fraction of sp³-hybridized carbons (Fsp3) is 0.600. The Morgan fingerprint density at radius 3 is 2.42 bits per heavy atom. The van der Waals surface area contributed by atoms with E-state index in [-0.39, 0.29) is 18.3 Å². The Bertz CT molecular complexity index is 478. The van der Waals surface area contributed by atoms with E-state index in [2.05, 4.69) is 0 Å². The summed E-state index contributed by atoms with van der Waals surface area (Å²) < 4.78 is 0. The fourth-order valence-electron chi connectivity index (χ4n) is 2.16. The molecule has 4 nitrogen and oxygen atoms in total. The van der Waals surface area contributed by atoms with E-state index in [1.807, 2.05) is 19.9 Å². The quantitative estimate of drug-likeness (QED) is 0.325. The highest BCUT2D eigenvalue weighted by Gasteiger charge is 2.12. The maximum atomic E-state index is 11.9. The van der Waals surface area contributed by atoms with Crippen molar-refractivity contribution >= 4 is 12.1 Å². The molecule has 24 heavy (non-hydrogen) atoms. The van der Waals surface area contributed by atoms with Crippen LogP contribution in [0.5, 0.6) is 0 Å². The SMILES string of the molecule is C/C(=C/CO)CC/C=C(/C=O)CCC[C@H](C)C(=O)/C=C/C(C)(C)O. The van der Waals surface area contributed by atoms with Crippen molar-refractivity contribution in [1.29, 1.82) is 0 Å². The largest absolute Gasteiger partial charge is 0.392 e. The molecule has 0 rings (SSSR count). The minimum atomic E-state index is -0.981. The first kappa shape index (κ1) is 22.5. The Balaban J connectivity index is 4.26. The Morgan fingerprint density at radius 2 is 1.88 bits per heavy atom. The molecule has 0 fully saturated rings. The summed E-state index contributed by atoms with van der Waals surface area (Å²) in [6.07, 6.45) is 11.3. The van der Waals surface area contributed by atoms with Crippen molar-refractivity contribution < 1.29 is 19.8 Å². The number of aliphatic hydroxyl groups is 2. The Morgan fingerprint density at radius 1 is 1.21 bits per heavy atom. The van der Waals surface area contributed by atoms with E-state index in [4.69, 9.17) is 5.11 Å². The molecule has 0 saturated heterocycles. The Labute approximate surface area is 146 Å². The number of aldehydes is 1. The zero-order valence-electron chi connectivity index (χ0n) is 15.4. The van der Waals surface area contributed by atoms with Crippen LogP contribution in [-0.4, -0.2) is 34.5 Å². The predicted octanol–water partition coefficient (Wildman–Crippen LogP) is 3.53. The minimum absolute atomic E-state index is 0.00137. The first-order valence-corrected chi connectivity index (χ1v) is 8.55. The van der Waals surface area contributed by atoms with Crippen LogP contribution in [0.3, 0.4) is 0 Å². The zero-order chi connectivity index (χ0) is 18.6. The van der Waals surface area contributed by atoms with Gasteiger partial charge in [-0.2, -0.15) is 0 Å². The molecule has 0 aliphatic rings. The van der Waals surface area contributed by atoms with Crippen molar-refractivity contribution in [3.8, 4) is 0 Å². The van der Waals surface area contributed by atoms with E-state index in [1.54, 1.807) is 19.9 Å². The predicted molar refractivity (Wildman–Crippen MR) is 97.7 cm³/mol. The highest BCUT2D eigenvalue weighted by atomic mass is 16.3. The molecule has 0 aliphatic heterocycles. The summed E-state index contributed by atoms with van der Waals surface area (Å²) >= 11 is 0. The summed E-state index contributed by atoms with van der Waals surface area (Å²) in [6, 6.07) is 0. The van der Waals surface area contributed by atoms with Crippen LogP contribution in [0, 0.1) is 5.92 Å². The van der Waals surface area contributed by atoms with Crippen LogP contribution in [0.2, 0.25) is 0 Å². The molecule has 1 atom stereocenters. The molecule has 0 amide bonds. The van der Waals surface area contributed by atoms with Crippen molar-refractivity contribution in [3.63, 3.8) is 0 Å². The third kappa shape index (κ3) is 12.0. The number of ketones is 1. The summed E-state index contributed by atoms with van der Waals surface area (Å²) in [5, 5.41) is 18.4. The summed E-state index contributed by atoms with van der Waals surface area (Å²) in [5.41, 5.74) is 0.890. The number of aliphatic hydroxyl groups excluding tert-OH is 1. The van der Waals surface area contributed by atoms with Gasteiger partial charge in [0.2, 0.25) is 0 Å². The molecule has 0 radical (unpaired) electrons. The van der Waals surface area contributed by atoms with Crippen LogP contribution in [-0.2, 0) is 9.59 Å². The first-order valence-electron chi connectivity index (χ1n) is 8.55. The lowest BCUT2D eigenvalue weighted by Gasteiger charge is -2.11. The molecule has 0 aliphatic carbocycles. The van der Waals surface area contributed by atoms with Gasteiger partial charge in [0.15, 0.2) is 5.78 Å². The van der Waals surface area contributed by atoms with E-state index in [9.17, 15) is 14.7 Å². The Kier molecular flexibility index (Phi) is 11.2. The third-order valence-corrected chi connectivity index (χ3v) is 3.78. The average molecular weight is 336 g/mol. The van der Waals surface area contributed by atoms with Crippen LogP contribution in [0.25, 0.3) is 0 Å². The zero-order valence-corrected chi connectivity index (χ0v) is 15.4. The summed E-state index contributed by atoms with van der Waals surface area (Å²) in [5.74, 6) is -0.121. The van der Waals surface area contributed by atoms with Gasteiger partial charge in [-0.3, -0.25) is 9.59 Å². The van der Waals surface area contributed by atoms with Crippen molar-refractivity contribution in [3.05, 3.63) is 35.5 Å². The second-order valence-corrected chi connectivity index (χ2v) is 6.85. The second-order valence-electron chi connectivity index (χ2n) is 6.85. The lowest BCUT2D eigenvalue weighted by atomic mass is 9.96. The van der Waals surface area contributed by atoms with Gasteiger partial charge >= 0.3 is 0 Å². The number of carbonyl (C=O) groups is 2. The van der Waals surface area contributed by atoms with Gasteiger partial charge in [-0.1, -0.05) is 30.7 Å². The molecule has 0 saturated carbocycles.